The number of fused-ring (bicyclic) bond motifs is 1. The van der Waals surface area contributed by atoms with Gasteiger partial charge in [-0.15, -0.1) is 0 Å². The minimum Gasteiger partial charge on any atom is -0.328 e. The third-order valence-corrected chi connectivity index (χ3v) is 3.90. The molecule has 21 heavy (non-hydrogen) atoms. The monoisotopic (exact) mass is 278 g/mol. The van der Waals surface area contributed by atoms with Crippen molar-refractivity contribution in [1.82, 2.24) is 9.55 Å². The van der Waals surface area contributed by atoms with Crippen LogP contribution in [0, 0.1) is 6.92 Å². The van der Waals surface area contributed by atoms with Crippen LogP contribution in [-0.2, 0) is 11.3 Å². The maximum absolute atomic E-state index is 11.4. The fraction of sp³-hybridized carbons (Fsp3) is 0.222. The number of aromatic nitrogens is 2. The number of carbonyl (C=O) groups is 1. The standard InChI is InChI=1S/C18H18N2O/c1-14-19-17-9-5-6-10-18(17)20(14)12-11-16(13-21)15-7-3-2-4-8-15/h2-10,13,16H,11-12H2,1H3. The average Bonchev–Trinajstić information content (AvgIpc) is 2.85. The van der Waals surface area contributed by atoms with Gasteiger partial charge < -0.3 is 9.36 Å². The number of benzene rings is 2. The van der Waals surface area contributed by atoms with Gasteiger partial charge in [0.1, 0.15) is 12.1 Å². The summed E-state index contributed by atoms with van der Waals surface area (Å²) in [7, 11) is 0. The van der Waals surface area contributed by atoms with Crippen molar-refractivity contribution in [3.05, 3.63) is 66.0 Å². The van der Waals surface area contributed by atoms with Crippen molar-refractivity contribution in [3.8, 4) is 0 Å². The normalized spacial score (nSPS) is 12.4. The molecule has 1 atom stereocenters. The van der Waals surface area contributed by atoms with Crippen LogP contribution in [-0.4, -0.2) is 15.8 Å². The van der Waals surface area contributed by atoms with E-state index in [0.29, 0.717) is 0 Å². The summed E-state index contributed by atoms with van der Waals surface area (Å²) >= 11 is 0. The van der Waals surface area contributed by atoms with Crippen molar-refractivity contribution in [1.29, 1.82) is 0 Å². The molecule has 0 fully saturated rings. The summed E-state index contributed by atoms with van der Waals surface area (Å²) in [5.74, 6) is 0.931. The first kappa shape index (κ1) is 13.6. The molecule has 3 heteroatoms. The Balaban J connectivity index is 1.83. The van der Waals surface area contributed by atoms with Crippen molar-refractivity contribution < 1.29 is 4.79 Å². The van der Waals surface area contributed by atoms with Gasteiger partial charge in [0, 0.05) is 12.5 Å². The van der Waals surface area contributed by atoms with Crippen LogP contribution in [0.25, 0.3) is 11.0 Å². The Morgan fingerprint density at radius 2 is 1.81 bits per heavy atom. The molecule has 1 unspecified atom stereocenters. The average molecular weight is 278 g/mol. The maximum atomic E-state index is 11.4. The number of para-hydroxylation sites is 2. The smallest absolute Gasteiger partial charge is 0.127 e. The molecule has 1 aromatic heterocycles. The van der Waals surface area contributed by atoms with Crippen LogP contribution in [0.4, 0.5) is 0 Å². The number of imidazole rings is 1. The summed E-state index contributed by atoms with van der Waals surface area (Å²) in [5.41, 5.74) is 3.22. The van der Waals surface area contributed by atoms with Gasteiger partial charge in [-0.1, -0.05) is 42.5 Å². The Labute approximate surface area is 124 Å². The SMILES string of the molecule is Cc1nc2ccccc2n1CCC(C=O)c1ccccc1. The molecule has 3 rings (SSSR count). The van der Waals surface area contributed by atoms with Crippen LogP contribution >= 0.6 is 0 Å². The molecular formula is C18H18N2O. The van der Waals surface area contributed by atoms with Gasteiger partial charge in [-0.05, 0) is 31.0 Å². The van der Waals surface area contributed by atoms with E-state index in [2.05, 4.69) is 15.6 Å². The number of hydrogen-bond donors (Lipinski definition) is 0. The number of nitrogens with zero attached hydrogens (tertiary/aromatic N) is 2. The maximum Gasteiger partial charge on any atom is 0.127 e. The van der Waals surface area contributed by atoms with Crippen molar-refractivity contribution in [2.24, 2.45) is 0 Å². The molecule has 0 bridgehead atoms. The summed E-state index contributed by atoms with van der Waals surface area (Å²) in [6.07, 6.45) is 1.83. The lowest BCUT2D eigenvalue weighted by Gasteiger charge is -2.12. The Morgan fingerprint density at radius 1 is 1.10 bits per heavy atom. The van der Waals surface area contributed by atoms with E-state index >= 15 is 0 Å². The van der Waals surface area contributed by atoms with Gasteiger partial charge in [0.05, 0.1) is 11.0 Å². The first-order valence-corrected chi connectivity index (χ1v) is 7.21. The van der Waals surface area contributed by atoms with Crippen molar-refractivity contribution in [2.45, 2.75) is 25.8 Å². The molecule has 0 radical (unpaired) electrons. The van der Waals surface area contributed by atoms with Crippen LogP contribution in [0.2, 0.25) is 0 Å². The first-order valence-electron chi connectivity index (χ1n) is 7.21. The topological polar surface area (TPSA) is 34.9 Å². The van der Waals surface area contributed by atoms with Gasteiger partial charge in [-0.2, -0.15) is 0 Å². The minimum atomic E-state index is -0.0632. The van der Waals surface area contributed by atoms with E-state index in [4.69, 9.17) is 0 Å². The molecule has 106 valence electrons. The predicted molar refractivity (Wildman–Crippen MR) is 84.3 cm³/mol. The van der Waals surface area contributed by atoms with E-state index in [0.717, 1.165) is 41.7 Å². The lowest BCUT2D eigenvalue weighted by Crippen LogP contribution is -2.07. The molecule has 3 aromatic rings. The fourth-order valence-corrected chi connectivity index (χ4v) is 2.76. The molecule has 0 aliphatic carbocycles. The van der Waals surface area contributed by atoms with Crippen LogP contribution in [0.5, 0.6) is 0 Å². The second-order valence-electron chi connectivity index (χ2n) is 5.24. The zero-order valence-electron chi connectivity index (χ0n) is 12.1. The van der Waals surface area contributed by atoms with E-state index in [1.54, 1.807) is 0 Å². The molecular weight excluding hydrogens is 260 g/mol. The van der Waals surface area contributed by atoms with Gasteiger partial charge in [-0.3, -0.25) is 0 Å². The predicted octanol–water partition coefficient (Wildman–Crippen LogP) is 3.72. The molecule has 0 saturated heterocycles. The van der Waals surface area contributed by atoms with Gasteiger partial charge in [0.2, 0.25) is 0 Å². The Kier molecular flexibility index (Phi) is 3.82. The molecule has 0 amide bonds. The van der Waals surface area contributed by atoms with Crippen LogP contribution in [0.3, 0.4) is 0 Å². The fourth-order valence-electron chi connectivity index (χ4n) is 2.76. The van der Waals surface area contributed by atoms with Crippen LogP contribution in [0.15, 0.2) is 54.6 Å². The number of aldehydes is 1. The van der Waals surface area contributed by atoms with Crippen LogP contribution < -0.4 is 0 Å². The zero-order valence-corrected chi connectivity index (χ0v) is 12.1. The van der Waals surface area contributed by atoms with E-state index in [1.807, 2.05) is 55.5 Å². The van der Waals surface area contributed by atoms with Crippen molar-refractivity contribution in [3.63, 3.8) is 0 Å². The quantitative estimate of drug-likeness (QED) is 0.667. The van der Waals surface area contributed by atoms with E-state index < -0.39 is 0 Å². The molecule has 0 N–H and O–H groups in total. The Hall–Kier alpha value is -2.42. The molecule has 0 aliphatic heterocycles. The summed E-state index contributed by atoms with van der Waals surface area (Å²) in [4.78, 5) is 16.0. The lowest BCUT2D eigenvalue weighted by atomic mass is 9.97. The molecule has 0 spiro atoms. The highest BCUT2D eigenvalue weighted by Crippen LogP contribution is 2.21. The molecule has 2 aromatic carbocycles. The molecule has 0 aliphatic rings. The van der Waals surface area contributed by atoms with Crippen molar-refractivity contribution >= 4 is 17.3 Å². The summed E-state index contributed by atoms with van der Waals surface area (Å²) in [5, 5.41) is 0. The van der Waals surface area contributed by atoms with E-state index in [1.165, 1.54) is 0 Å². The Bertz CT molecular complexity index is 746. The van der Waals surface area contributed by atoms with Gasteiger partial charge in [-0.25, -0.2) is 4.98 Å². The molecule has 0 saturated carbocycles. The largest absolute Gasteiger partial charge is 0.328 e. The number of carbonyl (C=O) groups excluding carboxylic acids is 1. The number of aryl methyl sites for hydroxylation is 2. The molecule has 3 nitrogen and oxygen atoms in total. The highest BCUT2D eigenvalue weighted by atomic mass is 16.1. The summed E-state index contributed by atoms with van der Waals surface area (Å²) < 4.78 is 2.19. The third kappa shape index (κ3) is 2.72. The highest BCUT2D eigenvalue weighted by Gasteiger charge is 2.12. The third-order valence-electron chi connectivity index (χ3n) is 3.90. The minimum absolute atomic E-state index is 0.0632. The summed E-state index contributed by atoms with van der Waals surface area (Å²) in [6, 6.07) is 18.1. The van der Waals surface area contributed by atoms with Gasteiger partial charge in [0.25, 0.3) is 0 Å². The number of rotatable bonds is 5. The van der Waals surface area contributed by atoms with Gasteiger partial charge in [0.15, 0.2) is 0 Å². The van der Waals surface area contributed by atoms with Crippen LogP contribution in [0.1, 0.15) is 23.7 Å². The summed E-state index contributed by atoms with van der Waals surface area (Å²) in [6.45, 7) is 2.81. The first-order chi connectivity index (χ1) is 10.3. The van der Waals surface area contributed by atoms with Gasteiger partial charge >= 0.3 is 0 Å². The zero-order chi connectivity index (χ0) is 14.7. The Morgan fingerprint density at radius 3 is 2.57 bits per heavy atom. The van der Waals surface area contributed by atoms with E-state index in [-0.39, 0.29) is 5.92 Å². The van der Waals surface area contributed by atoms with E-state index in [9.17, 15) is 4.79 Å². The number of hydrogen-bond acceptors (Lipinski definition) is 2. The molecule has 1 heterocycles. The second kappa shape index (κ2) is 5.92. The second-order valence-corrected chi connectivity index (χ2v) is 5.24. The highest BCUT2D eigenvalue weighted by molar-refractivity contribution is 5.75. The lowest BCUT2D eigenvalue weighted by molar-refractivity contribution is -0.109. The van der Waals surface area contributed by atoms with Crippen molar-refractivity contribution in [2.75, 3.05) is 0 Å².